The van der Waals surface area contributed by atoms with Crippen molar-refractivity contribution < 1.29 is 22.9 Å². The number of nitro benzene ring substituents is 1. The second kappa shape index (κ2) is 12.8. The summed E-state index contributed by atoms with van der Waals surface area (Å²) in [5.41, 5.74) is 0.595. The van der Waals surface area contributed by atoms with Crippen LogP contribution in [0.1, 0.15) is 18.9 Å². The van der Waals surface area contributed by atoms with Crippen LogP contribution in [0.2, 0.25) is 0 Å². The number of nitrogens with one attached hydrogen (secondary N) is 1. The molecule has 1 atom stereocenters. The fourth-order valence-corrected chi connectivity index (χ4v) is 5.50. The van der Waals surface area contributed by atoms with Gasteiger partial charge in [-0.15, -0.1) is 0 Å². The van der Waals surface area contributed by atoms with Gasteiger partial charge in [0.15, 0.2) is 0 Å². The third-order valence-corrected chi connectivity index (χ3v) is 7.84. The van der Waals surface area contributed by atoms with E-state index in [1.807, 2.05) is 30.3 Å². The lowest BCUT2D eigenvalue weighted by Crippen LogP contribution is -2.52. The van der Waals surface area contributed by atoms with E-state index in [1.165, 1.54) is 42.3 Å². The fourth-order valence-electron chi connectivity index (χ4n) is 4.07. The van der Waals surface area contributed by atoms with Gasteiger partial charge in [0.05, 0.1) is 15.5 Å². The second-order valence-electron chi connectivity index (χ2n) is 8.46. The molecule has 3 aromatic rings. The summed E-state index contributed by atoms with van der Waals surface area (Å²) in [5, 5.41) is 14.0. The molecule has 3 rings (SSSR count). The van der Waals surface area contributed by atoms with E-state index in [1.54, 1.807) is 25.1 Å². The van der Waals surface area contributed by atoms with Gasteiger partial charge < -0.3 is 10.2 Å². The molecule has 38 heavy (non-hydrogen) atoms. The Balaban J connectivity index is 2.03. The zero-order chi connectivity index (χ0) is 27.7. The Morgan fingerprint density at radius 2 is 1.61 bits per heavy atom. The summed E-state index contributed by atoms with van der Waals surface area (Å²) in [6.45, 7) is 1.28. The van der Waals surface area contributed by atoms with Gasteiger partial charge in [0.25, 0.3) is 15.7 Å². The molecule has 0 fully saturated rings. The maximum atomic E-state index is 13.8. The minimum Gasteiger partial charge on any atom is -0.357 e. The second-order valence-corrected chi connectivity index (χ2v) is 10.3. The van der Waals surface area contributed by atoms with E-state index >= 15 is 0 Å². The number of carbonyl (C=O) groups is 2. The smallest absolute Gasteiger partial charge is 0.271 e. The first-order valence-corrected chi connectivity index (χ1v) is 13.5. The predicted octanol–water partition coefficient (Wildman–Crippen LogP) is 3.39. The number of benzene rings is 3. The number of nitro groups is 1. The van der Waals surface area contributed by atoms with Crippen molar-refractivity contribution in [2.75, 3.05) is 24.4 Å². The lowest BCUT2D eigenvalue weighted by Gasteiger charge is -2.33. The lowest BCUT2D eigenvalue weighted by molar-refractivity contribution is -0.384. The van der Waals surface area contributed by atoms with Crippen LogP contribution in [0.5, 0.6) is 0 Å². The van der Waals surface area contributed by atoms with Crippen LogP contribution in [-0.2, 0) is 26.0 Å². The summed E-state index contributed by atoms with van der Waals surface area (Å²) in [7, 11) is -2.82. The SMILES string of the molecule is CC[C@H](C(=O)NC)N(CCc1ccccc1)C(=O)CN(c1cccc([N+](=O)[O-])c1)S(=O)(=O)c1ccccc1. The van der Waals surface area contributed by atoms with Crippen LogP contribution in [0.25, 0.3) is 0 Å². The Morgan fingerprint density at radius 3 is 2.18 bits per heavy atom. The van der Waals surface area contributed by atoms with Gasteiger partial charge >= 0.3 is 0 Å². The number of likely N-dealkylation sites (N-methyl/N-ethyl adjacent to an activating group) is 1. The van der Waals surface area contributed by atoms with Gasteiger partial charge in [-0.25, -0.2) is 8.42 Å². The highest BCUT2D eigenvalue weighted by Gasteiger charge is 2.33. The number of hydrogen-bond acceptors (Lipinski definition) is 6. The molecule has 1 N–H and O–H groups in total. The largest absolute Gasteiger partial charge is 0.357 e. The Hall–Kier alpha value is -4.25. The normalized spacial score (nSPS) is 11.8. The summed E-state index contributed by atoms with van der Waals surface area (Å²) in [6, 6.07) is 21.2. The number of rotatable bonds is 12. The van der Waals surface area contributed by atoms with E-state index in [2.05, 4.69) is 5.32 Å². The average Bonchev–Trinajstić information content (AvgIpc) is 2.94. The summed E-state index contributed by atoms with van der Waals surface area (Å²) in [6.07, 6.45) is 0.755. The molecule has 0 spiro atoms. The lowest BCUT2D eigenvalue weighted by atomic mass is 10.1. The molecule has 0 radical (unpaired) electrons. The number of non-ortho nitro benzene ring substituents is 1. The third-order valence-electron chi connectivity index (χ3n) is 6.06. The molecule has 0 aromatic heterocycles. The monoisotopic (exact) mass is 538 g/mol. The van der Waals surface area contributed by atoms with Gasteiger partial charge in [0.1, 0.15) is 12.6 Å². The van der Waals surface area contributed by atoms with Crippen molar-refractivity contribution in [2.24, 2.45) is 0 Å². The highest BCUT2D eigenvalue weighted by molar-refractivity contribution is 7.92. The van der Waals surface area contributed by atoms with Gasteiger partial charge in [0.2, 0.25) is 11.8 Å². The Bertz CT molecular complexity index is 1370. The summed E-state index contributed by atoms with van der Waals surface area (Å²) in [4.78, 5) is 38.5. The number of carbonyl (C=O) groups excluding carboxylic acids is 2. The molecule has 0 aliphatic rings. The minimum atomic E-state index is -4.29. The molecule has 0 unspecified atom stereocenters. The van der Waals surface area contributed by atoms with Crippen molar-refractivity contribution in [2.45, 2.75) is 30.7 Å². The van der Waals surface area contributed by atoms with E-state index in [9.17, 15) is 28.1 Å². The molecular weight excluding hydrogens is 508 g/mol. The maximum Gasteiger partial charge on any atom is 0.271 e. The molecule has 0 aliphatic heterocycles. The van der Waals surface area contributed by atoms with Crippen LogP contribution in [0.3, 0.4) is 0 Å². The van der Waals surface area contributed by atoms with Gasteiger partial charge in [-0.05, 0) is 36.6 Å². The van der Waals surface area contributed by atoms with Crippen LogP contribution in [0.15, 0.2) is 89.8 Å². The van der Waals surface area contributed by atoms with Crippen molar-refractivity contribution in [3.05, 3.63) is 101 Å². The number of hydrogen-bond donors (Lipinski definition) is 1. The molecule has 3 aromatic carbocycles. The molecule has 11 heteroatoms. The average molecular weight is 539 g/mol. The molecule has 2 amide bonds. The van der Waals surface area contributed by atoms with Crippen molar-refractivity contribution in [1.29, 1.82) is 0 Å². The number of amides is 2. The maximum absolute atomic E-state index is 13.8. The van der Waals surface area contributed by atoms with Crippen LogP contribution in [-0.4, -0.2) is 56.2 Å². The van der Waals surface area contributed by atoms with Crippen molar-refractivity contribution in [3.63, 3.8) is 0 Å². The van der Waals surface area contributed by atoms with Crippen molar-refractivity contribution >= 4 is 33.2 Å². The number of anilines is 1. The van der Waals surface area contributed by atoms with Gasteiger partial charge in [-0.1, -0.05) is 61.5 Å². The molecule has 200 valence electrons. The number of nitrogens with zero attached hydrogens (tertiary/aromatic N) is 3. The molecule has 0 saturated heterocycles. The van der Waals surface area contributed by atoms with Gasteiger partial charge in [0, 0.05) is 25.7 Å². The topological polar surface area (TPSA) is 130 Å². The van der Waals surface area contributed by atoms with E-state index < -0.39 is 33.4 Å². The zero-order valence-electron chi connectivity index (χ0n) is 21.2. The molecule has 0 aliphatic carbocycles. The van der Waals surface area contributed by atoms with Gasteiger partial charge in [-0.3, -0.25) is 24.0 Å². The minimum absolute atomic E-state index is 0.0348. The Labute approximate surface area is 222 Å². The first-order valence-electron chi connectivity index (χ1n) is 12.1. The highest BCUT2D eigenvalue weighted by atomic mass is 32.2. The van der Waals surface area contributed by atoms with Crippen LogP contribution < -0.4 is 9.62 Å². The Morgan fingerprint density at radius 1 is 0.974 bits per heavy atom. The molecule has 10 nitrogen and oxygen atoms in total. The van der Waals surface area contributed by atoms with Crippen LogP contribution in [0.4, 0.5) is 11.4 Å². The van der Waals surface area contributed by atoms with Crippen molar-refractivity contribution in [3.8, 4) is 0 Å². The zero-order valence-corrected chi connectivity index (χ0v) is 22.0. The van der Waals surface area contributed by atoms with E-state index in [0.29, 0.717) is 12.8 Å². The van der Waals surface area contributed by atoms with Crippen molar-refractivity contribution in [1.82, 2.24) is 10.2 Å². The highest BCUT2D eigenvalue weighted by Crippen LogP contribution is 2.27. The first kappa shape index (κ1) is 28.3. The summed E-state index contributed by atoms with van der Waals surface area (Å²) < 4.78 is 28.2. The molecule has 0 saturated carbocycles. The quantitative estimate of drug-likeness (QED) is 0.278. The summed E-state index contributed by atoms with van der Waals surface area (Å²) >= 11 is 0. The number of sulfonamides is 1. The molecule has 0 heterocycles. The van der Waals surface area contributed by atoms with Crippen LogP contribution in [0, 0.1) is 10.1 Å². The molecular formula is C27H30N4O6S. The Kier molecular flexibility index (Phi) is 9.55. The summed E-state index contributed by atoms with van der Waals surface area (Å²) in [5.74, 6) is -0.982. The molecule has 0 bridgehead atoms. The van der Waals surface area contributed by atoms with E-state index in [0.717, 1.165) is 15.9 Å². The third kappa shape index (κ3) is 6.74. The standard InChI is InChI=1S/C27H30N4O6S/c1-3-25(27(33)28-2)29(18-17-21-11-6-4-7-12-21)26(32)20-30(22-13-10-14-23(19-22)31(34)35)38(36,37)24-15-8-5-9-16-24/h4-16,19,25H,3,17-18,20H2,1-2H3,(H,28,33)/t25-/m1/s1. The van der Waals surface area contributed by atoms with Gasteiger partial charge in [-0.2, -0.15) is 0 Å². The first-order chi connectivity index (χ1) is 18.2. The van der Waals surface area contributed by atoms with Crippen LogP contribution >= 0.6 is 0 Å². The fraction of sp³-hybridized carbons (Fsp3) is 0.259. The van der Waals surface area contributed by atoms with E-state index in [4.69, 9.17) is 0 Å². The predicted molar refractivity (Wildman–Crippen MR) is 144 cm³/mol. The van der Waals surface area contributed by atoms with E-state index in [-0.39, 0.29) is 28.7 Å².